The van der Waals surface area contributed by atoms with Crippen LogP contribution >= 0.6 is 11.6 Å². The number of aromatic amines is 1. The topological polar surface area (TPSA) is 89.1 Å². The van der Waals surface area contributed by atoms with Gasteiger partial charge in [0.15, 0.2) is 0 Å². The summed E-state index contributed by atoms with van der Waals surface area (Å²) in [6.45, 7) is 0.209. The average Bonchev–Trinajstić information content (AvgIpc) is 2.88. The number of rotatable bonds is 6. The van der Waals surface area contributed by atoms with Crippen LogP contribution in [-0.4, -0.2) is 34.8 Å². The third kappa shape index (κ3) is 3.86. The van der Waals surface area contributed by atoms with Crippen LogP contribution in [0, 0.1) is 0 Å². The molecule has 1 aromatic carbocycles. The Morgan fingerprint density at radius 1 is 1.45 bits per heavy atom. The Morgan fingerprint density at radius 2 is 2.25 bits per heavy atom. The highest BCUT2D eigenvalue weighted by Crippen LogP contribution is 2.23. The van der Waals surface area contributed by atoms with Gasteiger partial charge in [-0.1, -0.05) is 23.7 Å². The third-order valence-corrected chi connectivity index (χ3v) is 2.64. The van der Waals surface area contributed by atoms with Gasteiger partial charge in [0.1, 0.15) is 5.75 Å². The first-order chi connectivity index (χ1) is 9.69. The number of amides is 1. The van der Waals surface area contributed by atoms with Crippen molar-refractivity contribution in [3.8, 4) is 11.8 Å². The van der Waals surface area contributed by atoms with E-state index < -0.39 is 0 Å². The number of aromatic nitrogens is 3. The van der Waals surface area contributed by atoms with Crippen molar-refractivity contribution >= 4 is 23.5 Å². The number of halogens is 1. The predicted molar refractivity (Wildman–Crippen MR) is 73.1 cm³/mol. The lowest BCUT2D eigenvalue weighted by molar-refractivity contribution is -0.116. The van der Waals surface area contributed by atoms with Gasteiger partial charge < -0.3 is 9.47 Å². The number of benzene rings is 1. The van der Waals surface area contributed by atoms with Gasteiger partial charge in [-0.25, -0.2) is 5.10 Å². The average molecular weight is 297 g/mol. The molecular formula is C12H13ClN4O3. The van der Waals surface area contributed by atoms with Crippen molar-refractivity contribution in [1.29, 1.82) is 0 Å². The van der Waals surface area contributed by atoms with E-state index in [9.17, 15) is 4.79 Å². The zero-order valence-electron chi connectivity index (χ0n) is 10.7. The minimum Gasteiger partial charge on any atom is -0.491 e. The Morgan fingerprint density at radius 3 is 2.95 bits per heavy atom. The van der Waals surface area contributed by atoms with Crippen LogP contribution in [0.2, 0.25) is 5.02 Å². The molecule has 0 atom stereocenters. The number of para-hydroxylation sites is 1. The molecule has 0 saturated carbocycles. The number of carbonyl (C=O) groups excluding carboxylic acids is 1. The number of H-pyrrole nitrogens is 1. The molecule has 0 saturated heterocycles. The maximum Gasteiger partial charge on any atom is 0.336 e. The van der Waals surface area contributed by atoms with Gasteiger partial charge in [0.2, 0.25) is 11.9 Å². The summed E-state index contributed by atoms with van der Waals surface area (Å²) in [5, 5.41) is 9.27. The van der Waals surface area contributed by atoms with Crippen molar-refractivity contribution in [2.24, 2.45) is 0 Å². The van der Waals surface area contributed by atoms with Crippen LogP contribution in [0.4, 0.5) is 5.95 Å². The summed E-state index contributed by atoms with van der Waals surface area (Å²) < 4.78 is 10.2. The maximum absolute atomic E-state index is 11.6. The Labute approximate surface area is 120 Å². The molecule has 2 N–H and O–H groups in total. The molecule has 0 bridgehead atoms. The molecule has 2 aromatic rings. The molecule has 20 heavy (non-hydrogen) atoms. The number of hydrogen-bond acceptors (Lipinski definition) is 5. The monoisotopic (exact) mass is 296 g/mol. The van der Waals surface area contributed by atoms with Crippen molar-refractivity contribution in [3.05, 3.63) is 29.3 Å². The highest BCUT2D eigenvalue weighted by Gasteiger charge is 2.08. The molecule has 7 nitrogen and oxygen atoms in total. The standard InChI is InChI=1S/C12H13ClN4O3/c1-19-12-15-11(16-17-12)14-10(18)6-7-20-9-5-3-2-4-8(9)13/h2-5H,6-7H2,1H3,(H2,14,15,16,17,18). The van der Waals surface area contributed by atoms with Gasteiger partial charge in [-0.05, 0) is 12.1 Å². The fraction of sp³-hybridized carbons (Fsp3) is 0.250. The van der Waals surface area contributed by atoms with Crippen LogP contribution in [0.15, 0.2) is 24.3 Å². The van der Waals surface area contributed by atoms with E-state index in [1.165, 1.54) is 7.11 Å². The highest BCUT2D eigenvalue weighted by molar-refractivity contribution is 6.32. The quantitative estimate of drug-likeness (QED) is 0.849. The zero-order valence-corrected chi connectivity index (χ0v) is 11.5. The molecule has 0 radical (unpaired) electrons. The zero-order chi connectivity index (χ0) is 14.4. The highest BCUT2D eigenvalue weighted by atomic mass is 35.5. The van der Waals surface area contributed by atoms with Gasteiger partial charge in [-0.2, -0.15) is 4.98 Å². The van der Waals surface area contributed by atoms with Gasteiger partial charge in [-0.3, -0.25) is 10.1 Å². The fourth-order valence-electron chi connectivity index (χ4n) is 1.40. The van der Waals surface area contributed by atoms with Crippen LogP contribution in [0.5, 0.6) is 11.8 Å². The number of nitrogens with zero attached hydrogens (tertiary/aromatic N) is 2. The number of carbonyl (C=O) groups is 1. The molecule has 1 aromatic heterocycles. The molecule has 0 aliphatic carbocycles. The van der Waals surface area contributed by atoms with E-state index in [2.05, 4.69) is 20.5 Å². The summed E-state index contributed by atoms with van der Waals surface area (Å²) in [5.41, 5.74) is 0. The Bertz CT molecular complexity index is 588. The second kappa shape index (κ2) is 6.76. The van der Waals surface area contributed by atoms with Crippen molar-refractivity contribution in [1.82, 2.24) is 15.2 Å². The first-order valence-corrected chi connectivity index (χ1v) is 6.20. The second-order valence-electron chi connectivity index (χ2n) is 3.75. The van der Waals surface area contributed by atoms with E-state index in [1.807, 2.05) is 6.07 Å². The summed E-state index contributed by atoms with van der Waals surface area (Å²) in [4.78, 5) is 15.5. The van der Waals surface area contributed by atoms with E-state index >= 15 is 0 Å². The van der Waals surface area contributed by atoms with E-state index in [1.54, 1.807) is 18.2 Å². The van der Waals surface area contributed by atoms with Crippen LogP contribution < -0.4 is 14.8 Å². The lowest BCUT2D eigenvalue weighted by atomic mass is 10.3. The second-order valence-corrected chi connectivity index (χ2v) is 4.15. The molecule has 1 amide bonds. The van der Waals surface area contributed by atoms with E-state index in [-0.39, 0.29) is 30.9 Å². The number of anilines is 1. The van der Waals surface area contributed by atoms with E-state index in [0.717, 1.165) is 0 Å². The Balaban J connectivity index is 1.77. The third-order valence-electron chi connectivity index (χ3n) is 2.33. The van der Waals surface area contributed by atoms with Crippen molar-refractivity contribution in [2.45, 2.75) is 6.42 Å². The molecule has 0 spiro atoms. The minimum absolute atomic E-state index is 0.160. The molecule has 0 aliphatic heterocycles. The van der Waals surface area contributed by atoms with E-state index in [4.69, 9.17) is 21.1 Å². The molecule has 0 unspecified atom stereocenters. The van der Waals surface area contributed by atoms with Gasteiger partial charge >= 0.3 is 6.01 Å². The molecule has 2 rings (SSSR count). The number of hydrogen-bond donors (Lipinski definition) is 2. The summed E-state index contributed by atoms with van der Waals surface area (Å²) >= 11 is 5.93. The van der Waals surface area contributed by atoms with Crippen molar-refractivity contribution in [2.75, 3.05) is 19.0 Å². The largest absolute Gasteiger partial charge is 0.491 e. The fourth-order valence-corrected chi connectivity index (χ4v) is 1.59. The van der Waals surface area contributed by atoms with Crippen LogP contribution in [-0.2, 0) is 4.79 Å². The van der Waals surface area contributed by atoms with Crippen LogP contribution in [0.25, 0.3) is 0 Å². The Hall–Kier alpha value is -2.28. The molecule has 8 heteroatoms. The maximum atomic E-state index is 11.6. The van der Waals surface area contributed by atoms with Gasteiger partial charge in [0, 0.05) is 0 Å². The van der Waals surface area contributed by atoms with Crippen molar-refractivity contribution in [3.63, 3.8) is 0 Å². The van der Waals surface area contributed by atoms with Crippen LogP contribution in [0.3, 0.4) is 0 Å². The van der Waals surface area contributed by atoms with Crippen molar-refractivity contribution < 1.29 is 14.3 Å². The molecule has 106 valence electrons. The van der Waals surface area contributed by atoms with Gasteiger partial charge in [0.05, 0.1) is 25.2 Å². The summed E-state index contributed by atoms with van der Waals surface area (Å²) in [7, 11) is 1.44. The van der Waals surface area contributed by atoms with Gasteiger partial charge in [-0.15, -0.1) is 5.10 Å². The molecular weight excluding hydrogens is 284 g/mol. The van der Waals surface area contributed by atoms with Crippen LogP contribution in [0.1, 0.15) is 6.42 Å². The minimum atomic E-state index is -0.254. The first-order valence-electron chi connectivity index (χ1n) is 5.82. The SMILES string of the molecule is COc1n[nH]c(NC(=O)CCOc2ccccc2Cl)n1. The van der Waals surface area contributed by atoms with E-state index in [0.29, 0.717) is 10.8 Å². The molecule has 0 aliphatic rings. The normalized spacial score (nSPS) is 10.1. The van der Waals surface area contributed by atoms with Gasteiger partial charge in [0.25, 0.3) is 0 Å². The summed E-state index contributed by atoms with van der Waals surface area (Å²) in [6.07, 6.45) is 0.161. The predicted octanol–water partition coefficient (Wildman–Crippen LogP) is 1.87. The first kappa shape index (κ1) is 14.1. The smallest absolute Gasteiger partial charge is 0.336 e. The number of nitrogens with one attached hydrogen (secondary N) is 2. The molecule has 0 fully saturated rings. The molecule has 1 heterocycles. The Kier molecular flexibility index (Phi) is 4.78. The number of ether oxygens (including phenoxy) is 2. The summed E-state index contributed by atoms with van der Waals surface area (Å²) in [6, 6.07) is 7.23. The lowest BCUT2D eigenvalue weighted by Crippen LogP contribution is -2.16. The number of methoxy groups -OCH3 is 1. The lowest BCUT2D eigenvalue weighted by Gasteiger charge is -2.07. The summed E-state index contributed by atoms with van der Waals surface area (Å²) in [5.74, 6) is 0.517.